The number of carbonyl (C=O) groups is 1. The van der Waals surface area contributed by atoms with Crippen LogP contribution in [0.3, 0.4) is 0 Å². The van der Waals surface area contributed by atoms with Crippen LogP contribution in [0.15, 0.2) is 67.0 Å². The molecule has 2 aromatic heterocycles. The fraction of sp³-hybridized carbons (Fsp3) is 0.345. The van der Waals surface area contributed by atoms with E-state index >= 15 is 0 Å². The maximum atomic E-state index is 12.0. The van der Waals surface area contributed by atoms with Crippen LogP contribution in [0, 0.1) is 0 Å². The first-order valence-electron chi connectivity index (χ1n) is 12.9. The van der Waals surface area contributed by atoms with Crippen molar-refractivity contribution in [3.05, 3.63) is 78.1 Å². The summed E-state index contributed by atoms with van der Waals surface area (Å²) in [6.07, 6.45) is 0.671. The van der Waals surface area contributed by atoms with E-state index in [0.717, 1.165) is 51.7 Å². The van der Waals surface area contributed by atoms with E-state index in [1.165, 1.54) is 12.5 Å². The van der Waals surface area contributed by atoms with Crippen molar-refractivity contribution in [1.29, 1.82) is 0 Å². The molecule has 198 valence electrons. The highest BCUT2D eigenvalue weighted by atomic mass is 32.1. The molecule has 0 aliphatic carbocycles. The molecule has 1 fully saturated rings. The Hall–Kier alpha value is -3.37. The maximum Gasteiger partial charge on any atom is 0.251 e. The number of anilines is 1. The maximum absolute atomic E-state index is 12.0. The molecule has 3 heterocycles. The number of aliphatic hydroxyl groups excluding tert-OH is 1. The van der Waals surface area contributed by atoms with Crippen molar-refractivity contribution in [2.45, 2.75) is 25.6 Å². The summed E-state index contributed by atoms with van der Waals surface area (Å²) >= 11 is 1.68. The van der Waals surface area contributed by atoms with Gasteiger partial charge in [-0.05, 0) is 29.7 Å². The zero-order chi connectivity index (χ0) is 26.5. The molecule has 0 radical (unpaired) electrons. The van der Waals surface area contributed by atoms with Crippen LogP contribution in [0.4, 0.5) is 5.82 Å². The van der Waals surface area contributed by atoms with Gasteiger partial charge >= 0.3 is 0 Å². The number of carbonyl (C=O) groups excluding carboxylic acids is 1. The Bertz CT molecular complexity index is 1350. The number of nitrogens with zero attached hydrogens (tertiary/aromatic N) is 4. The topological polar surface area (TPSA) is 90.8 Å². The molecular formula is C29H33N5O3S. The Morgan fingerprint density at radius 1 is 1.08 bits per heavy atom. The molecule has 9 heteroatoms. The van der Waals surface area contributed by atoms with Crippen LogP contribution in [0.5, 0.6) is 0 Å². The summed E-state index contributed by atoms with van der Waals surface area (Å²) in [5, 5.41) is 13.1. The van der Waals surface area contributed by atoms with E-state index in [2.05, 4.69) is 62.6 Å². The van der Waals surface area contributed by atoms with Gasteiger partial charge in [-0.15, -0.1) is 11.3 Å². The molecule has 4 aromatic rings. The third-order valence-electron chi connectivity index (χ3n) is 6.84. The summed E-state index contributed by atoms with van der Waals surface area (Å²) in [6.45, 7) is 5.80. The highest BCUT2D eigenvalue weighted by Crippen LogP contribution is 2.36. The molecule has 1 saturated heterocycles. The van der Waals surface area contributed by atoms with E-state index in [-0.39, 0.29) is 11.9 Å². The second-order valence-corrected chi connectivity index (χ2v) is 10.6. The number of piperazine rings is 1. The average Bonchev–Trinajstić information content (AvgIpc) is 3.39. The molecule has 1 aliphatic rings. The molecule has 38 heavy (non-hydrogen) atoms. The lowest BCUT2D eigenvalue weighted by Gasteiger charge is -2.35. The van der Waals surface area contributed by atoms with Crippen molar-refractivity contribution in [3.8, 4) is 10.4 Å². The number of amides is 1. The molecule has 1 amide bonds. The molecule has 0 spiro atoms. The van der Waals surface area contributed by atoms with Gasteiger partial charge in [0, 0.05) is 44.7 Å². The van der Waals surface area contributed by atoms with Gasteiger partial charge in [-0.3, -0.25) is 9.69 Å². The number of ether oxygens (including phenoxy) is 1. The molecule has 1 aliphatic heterocycles. The second-order valence-electron chi connectivity index (χ2n) is 9.58. The zero-order valence-corrected chi connectivity index (χ0v) is 22.5. The molecule has 0 saturated carbocycles. The highest BCUT2D eigenvalue weighted by Gasteiger charge is 2.23. The predicted molar refractivity (Wildman–Crippen MR) is 151 cm³/mol. The number of hydrogen-bond donors (Lipinski definition) is 2. The first-order chi connectivity index (χ1) is 18.5. The highest BCUT2D eigenvalue weighted by molar-refractivity contribution is 7.22. The lowest BCUT2D eigenvalue weighted by Crippen LogP contribution is -2.50. The summed E-state index contributed by atoms with van der Waals surface area (Å²) in [6, 6.07) is 21.0. The van der Waals surface area contributed by atoms with E-state index in [4.69, 9.17) is 4.74 Å². The molecule has 0 bridgehead atoms. The average molecular weight is 532 g/mol. The molecule has 2 N–H and O–H groups in total. The number of thiophene rings is 1. The first kappa shape index (κ1) is 26.2. The van der Waals surface area contributed by atoms with E-state index in [9.17, 15) is 9.90 Å². The van der Waals surface area contributed by atoms with Crippen LogP contribution in [0.2, 0.25) is 0 Å². The summed E-state index contributed by atoms with van der Waals surface area (Å²) in [4.78, 5) is 26.3. The third kappa shape index (κ3) is 6.02. The van der Waals surface area contributed by atoms with Crippen molar-refractivity contribution >= 4 is 33.3 Å². The van der Waals surface area contributed by atoms with Gasteiger partial charge in [0.05, 0.1) is 22.9 Å². The van der Waals surface area contributed by atoms with Crippen LogP contribution >= 0.6 is 11.3 Å². The summed E-state index contributed by atoms with van der Waals surface area (Å²) in [5.74, 6) is 0.622. The number of aromatic nitrogens is 2. The number of nitrogens with one attached hydrogen (secondary N) is 1. The Kier molecular flexibility index (Phi) is 8.29. The van der Waals surface area contributed by atoms with Crippen molar-refractivity contribution in [2.75, 3.05) is 45.2 Å². The van der Waals surface area contributed by atoms with Gasteiger partial charge in [-0.2, -0.15) is 0 Å². The van der Waals surface area contributed by atoms with Gasteiger partial charge in [-0.25, -0.2) is 9.97 Å². The van der Waals surface area contributed by atoms with Crippen LogP contribution < -0.4 is 5.32 Å². The monoisotopic (exact) mass is 531 g/mol. The van der Waals surface area contributed by atoms with E-state index in [0.29, 0.717) is 19.7 Å². The minimum absolute atomic E-state index is 0.0174. The van der Waals surface area contributed by atoms with Crippen LogP contribution in [-0.4, -0.2) is 76.8 Å². The van der Waals surface area contributed by atoms with E-state index < -0.39 is 6.10 Å². The molecule has 5 rings (SSSR count). The Morgan fingerprint density at radius 3 is 2.50 bits per heavy atom. The van der Waals surface area contributed by atoms with Gasteiger partial charge in [0.1, 0.15) is 18.2 Å². The minimum Gasteiger partial charge on any atom is -0.384 e. The third-order valence-corrected chi connectivity index (χ3v) is 8.02. The number of rotatable bonds is 9. The predicted octanol–water partition coefficient (Wildman–Crippen LogP) is 4.18. The van der Waals surface area contributed by atoms with E-state index in [1.807, 2.05) is 18.2 Å². The van der Waals surface area contributed by atoms with Gasteiger partial charge in [0.15, 0.2) is 0 Å². The number of methoxy groups -OCH3 is 1. The summed E-state index contributed by atoms with van der Waals surface area (Å²) in [7, 11) is 1.71. The largest absolute Gasteiger partial charge is 0.384 e. The Labute approximate surface area is 226 Å². The van der Waals surface area contributed by atoms with Crippen LogP contribution in [0.25, 0.3) is 20.7 Å². The number of aliphatic hydroxyl groups is 1. The first-order valence-corrected chi connectivity index (χ1v) is 13.7. The number of benzene rings is 2. The van der Waals surface area contributed by atoms with Crippen LogP contribution in [0.1, 0.15) is 24.1 Å². The Balaban J connectivity index is 1.27. The van der Waals surface area contributed by atoms with Crippen molar-refractivity contribution in [3.63, 3.8) is 0 Å². The lowest BCUT2D eigenvalue weighted by atomic mass is 10.1. The fourth-order valence-corrected chi connectivity index (χ4v) is 5.83. The van der Waals surface area contributed by atoms with Gasteiger partial charge in [0.25, 0.3) is 5.91 Å². The van der Waals surface area contributed by atoms with Crippen molar-refractivity contribution in [2.24, 2.45) is 0 Å². The fourth-order valence-electron chi connectivity index (χ4n) is 4.76. The van der Waals surface area contributed by atoms with Crippen molar-refractivity contribution < 1.29 is 14.6 Å². The standard InChI is InChI=1S/C29H33N5O3S/c1-20(35)29(36)34-14-12-33(13-15-34)17-21-8-10-23(11-9-21)26-16-24-27(38-26)28(31-19-30-24)32-25(18-37-2)22-6-4-3-5-7-22/h3-11,16,19-20,25,35H,12-15,17-18H2,1-2H3,(H,30,31,32)/t20-,25?/m0/s1. The quantitative estimate of drug-likeness (QED) is 0.335. The molecular weight excluding hydrogens is 498 g/mol. The lowest BCUT2D eigenvalue weighted by molar-refractivity contribution is -0.141. The molecule has 2 atom stereocenters. The smallest absolute Gasteiger partial charge is 0.251 e. The zero-order valence-electron chi connectivity index (χ0n) is 21.7. The minimum atomic E-state index is -0.934. The molecule has 8 nitrogen and oxygen atoms in total. The molecule has 2 aromatic carbocycles. The number of hydrogen-bond acceptors (Lipinski definition) is 8. The van der Waals surface area contributed by atoms with Crippen molar-refractivity contribution in [1.82, 2.24) is 19.8 Å². The van der Waals surface area contributed by atoms with Gasteiger partial charge < -0.3 is 20.1 Å². The Morgan fingerprint density at radius 2 is 1.82 bits per heavy atom. The second kappa shape index (κ2) is 12.0. The number of fused-ring (bicyclic) bond motifs is 1. The summed E-state index contributed by atoms with van der Waals surface area (Å²) in [5.41, 5.74) is 4.44. The molecule has 1 unspecified atom stereocenters. The van der Waals surface area contributed by atoms with E-state index in [1.54, 1.807) is 29.7 Å². The normalized spacial score (nSPS) is 15.9. The van der Waals surface area contributed by atoms with Gasteiger partial charge in [0.2, 0.25) is 0 Å². The SMILES string of the molecule is COCC(Nc1ncnc2cc(-c3ccc(CN4CCN(C(=O)[C@H](C)O)CC4)cc3)sc12)c1ccccc1. The van der Waals surface area contributed by atoms with Crippen LogP contribution in [-0.2, 0) is 16.1 Å². The van der Waals surface area contributed by atoms with Gasteiger partial charge in [-0.1, -0.05) is 54.6 Å². The summed E-state index contributed by atoms with van der Waals surface area (Å²) < 4.78 is 6.50.